The van der Waals surface area contributed by atoms with E-state index in [0.717, 1.165) is 21.5 Å². The number of benzene rings is 1. The van der Waals surface area contributed by atoms with E-state index in [1.165, 1.54) is 0 Å². The quantitative estimate of drug-likeness (QED) is 0.785. The zero-order chi connectivity index (χ0) is 11.3. The van der Waals surface area contributed by atoms with Gasteiger partial charge in [0.05, 0.1) is 14.2 Å². The van der Waals surface area contributed by atoms with Crippen molar-refractivity contribution in [3.05, 3.63) is 33.6 Å². The zero-order valence-electron chi connectivity index (χ0n) is 8.71. The van der Waals surface area contributed by atoms with Crippen LogP contribution in [0.2, 0.25) is 0 Å². The van der Waals surface area contributed by atoms with Crippen molar-refractivity contribution >= 4 is 15.9 Å². The molecule has 0 aromatic heterocycles. The lowest BCUT2D eigenvalue weighted by molar-refractivity contribution is 0.388. The fourth-order valence-electron chi connectivity index (χ4n) is 1.25. The number of halogens is 1. The molecular formula is C11H12BrNO2. The van der Waals surface area contributed by atoms with Crippen molar-refractivity contribution in [2.75, 3.05) is 20.8 Å². The summed E-state index contributed by atoms with van der Waals surface area (Å²) in [6, 6.07) is 3.83. The summed E-state index contributed by atoms with van der Waals surface area (Å²) < 4.78 is 11.2. The number of methoxy groups -OCH3 is 2. The van der Waals surface area contributed by atoms with Crippen LogP contribution in [0.15, 0.2) is 16.6 Å². The van der Waals surface area contributed by atoms with Gasteiger partial charge in [-0.2, -0.15) is 0 Å². The number of hydrogen-bond donors (Lipinski definition) is 0. The topological polar surface area (TPSA) is 22.8 Å². The van der Waals surface area contributed by atoms with Crippen LogP contribution in [0.3, 0.4) is 0 Å². The highest BCUT2D eigenvalue weighted by atomic mass is 79.9. The lowest BCUT2D eigenvalue weighted by atomic mass is 10.1. The maximum Gasteiger partial charge on any atom is 0.218 e. The van der Waals surface area contributed by atoms with E-state index >= 15 is 0 Å². The minimum atomic E-state index is 0.480. The predicted octanol–water partition coefficient (Wildman–Crippen LogP) is 2.93. The van der Waals surface area contributed by atoms with Gasteiger partial charge in [-0.1, -0.05) is 0 Å². The number of rotatable bonds is 4. The Bertz CT molecular complexity index is 360. The van der Waals surface area contributed by atoms with E-state index in [9.17, 15) is 0 Å². The summed E-state index contributed by atoms with van der Waals surface area (Å²) in [5, 5.41) is 0. The van der Waals surface area contributed by atoms with Gasteiger partial charge in [0, 0.05) is 6.42 Å². The molecule has 0 aliphatic carbocycles. The van der Waals surface area contributed by atoms with E-state index in [0.29, 0.717) is 13.0 Å². The second-order valence-corrected chi connectivity index (χ2v) is 3.74. The zero-order valence-corrected chi connectivity index (χ0v) is 10.3. The first-order valence-electron chi connectivity index (χ1n) is 4.46. The van der Waals surface area contributed by atoms with E-state index < -0.39 is 0 Å². The molecule has 0 spiro atoms. The number of nitrogens with zero attached hydrogens (tertiary/aromatic N) is 1. The molecular weight excluding hydrogens is 258 g/mol. The largest absolute Gasteiger partial charge is 0.495 e. The fraction of sp³-hybridized carbons (Fsp3) is 0.364. The molecule has 0 aliphatic heterocycles. The second kappa shape index (κ2) is 5.62. The van der Waals surface area contributed by atoms with E-state index in [2.05, 4.69) is 20.8 Å². The third kappa shape index (κ3) is 2.87. The third-order valence-electron chi connectivity index (χ3n) is 2.02. The van der Waals surface area contributed by atoms with Crippen LogP contribution in [0.25, 0.3) is 4.85 Å². The Balaban J connectivity index is 3.04. The lowest BCUT2D eigenvalue weighted by Gasteiger charge is -2.10. The predicted molar refractivity (Wildman–Crippen MR) is 62.4 cm³/mol. The first-order chi connectivity index (χ1) is 7.22. The van der Waals surface area contributed by atoms with Crippen LogP contribution in [-0.4, -0.2) is 20.8 Å². The summed E-state index contributed by atoms with van der Waals surface area (Å²) in [5.74, 6) is 1.46. The average molecular weight is 270 g/mol. The van der Waals surface area contributed by atoms with Crippen molar-refractivity contribution in [2.45, 2.75) is 6.42 Å². The van der Waals surface area contributed by atoms with E-state index in [4.69, 9.17) is 16.0 Å². The molecule has 80 valence electrons. The molecule has 0 aliphatic rings. The van der Waals surface area contributed by atoms with Gasteiger partial charge in [-0.25, -0.2) is 6.57 Å². The minimum absolute atomic E-state index is 0.480. The van der Waals surface area contributed by atoms with Gasteiger partial charge in [-0.3, -0.25) is 0 Å². The van der Waals surface area contributed by atoms with Crippen LogP contribution in [0.4, 0.5) is 0 Å². The second-order valence-electron chi connectivity index (χ2n) is 2.95. The molecule has 0 saturated heterocycles. The van der Waals surface area contributed by atoms with Crippen molar-refractivity contribution in [1.82, 2.24) is 0 Å². The first kappa shape index (κ1) is 11.9. The van der Waals surface area contributed by atoms with Gasteiger partial charge >= 0.3 is 0 Å². The number of ether oxygens (including phenoxy) is 2. The summed E-state index contributed by atoms with van der Waals surface area (Å²) in [6.07, 6.45) is 0.712. The van der Waals surface area contributed by atoms with Crippen LogP contribution in [0.1, 0.15) is 5.56 Å². The minimum Gasteiger partial charge on any atom is -0.495 e. The third-order valence-corrected chi connectivity index (χ3v) is 2.80. The van der Waals surface area contributed by atoms with Gasteiger partial charge in [0.1, 0.15) is 16.0 Å². The van der Waals surface area contributed by atoms with E-state index in [-0.39, 0.29) is 0 Å². The Morgan fingerprint density at radius 3 is 2.20 bits per heavy atom. The van der Waals surface area contributed by atoms with Crippen molar-refractivity contribution in [2.24, 2.45) is 0 Å². The monoisotopic (exact) mass is 269 g/mol. The van der Waals surface area contributed by atoms with Crippen LogP contribution in [0.5, 0.6) is 11.5 Å². The van der Waals surface area contributed by atoms with Gasteiger partial charge in [0.2, 0.25) is 6.54 Å². The molecule has 0 atom stereocenters. The Morgan fingerprint density at radius 1 is 1.27 bits per heavy atom. The van der Waals surface area contributed by atoms with Crippen LogP contribution in [-0.2, 0) is 6.42 Å². The molecule has 0 N–H and O–H groups in total. The molecule has 1 rings (SSSR count). The summed E-state index contributed by atoms with van der Waals surface area (Å²) in [7, 11) is 3.22. The Hall–Kier alpha value is -1.21. The highest BCUT2D eigenvalue weighted by Gasteiger charge is 2.09. The van der Waals surface area contributed by atoms with Gasteiger partial charge in [-0.05, 0) is 33.6 Å². The average Bonchev–Trinajstić information content (AvgIpc) is 2.27. The SMILES string of the molecule is [C-]#[N+]CCc1cc(OC)c(Br)c(OC)c1. The Morgan fingerprint density at radius 2 is 1.80 bits per heavy atom. The molecule has 3 nitrogen and oxygen atoms in total. The number of hydrogen-bond acceptors (Lipinski definition) is 2. The van der Waals surface area contributed by atoms with Crippen molar-refractivity contribution in [3.63, 3.8) is 0 Å². The van der Waals surface area contributed by atoms with Crippen molar-refractivity contribution in [1.29, 1.82) is 0 Å². The molecule has 0 saturated carbocycles. The molecule has 1 aromatic rings. The summed E-state index contributed by atoms with van der Waals surface area (Å²) in [4.78, 5) is 3.32. The first-order valence-corrected chi connectivity index (χ1v) is 5.25. The highest BCUT2D eigenvalue weighted by Crippen LogP contribution is 2.35. The molecule has 0 heterocycles. The smallest absolute Gasteiger partial charge is 0.218 e. The van der Waals surface area contributed by atoms with Gasteiger partial charge < -0.3 is 14.3 Å². The molecule has 0 radical (unpaired) electrons. The molecule has 4 heteroatoms. The highest BCUT2D eigenvalue weighted by molar-refractivity contribution is 9.10. The normalized spacial score (nSPS) is 9.47. The maximum absolute atomic E-state index is 6.74. The van der Waals surface area contributed by atoms with Crippen LogP contribution < -0.4 is 9.47 Å². The van der Waals surface area contributed by atoms with Crippen LogP contribution in [0, 0.1) is 6.57 Å². The lowest BCUT2D eigenvalue weighted by Crippen LogP contribution is -1.94. The molecule has 0 unspecified atom stereocenters. The van der Waals surface area contributed by atoms with E-state index in [1.807, 2.05) is 12.1 Å². The standard InChI is InChI=1S/C11H12BrNO2/c1-13-5-4-8-6-9(14-2)11(12)10(7-8)15-3/h6-7H,4-5H2,2-3H3. The summed E-state index contributed by atoms with van der Waals surface area (Å²) in [6.45, 7) is 7.22. The van der Waals surface area contributed by atoms with Gasteiger partial charge in [0.25, 0.3) is 0 Å². The van der Waals surface area contributed by atoms with Crippen molar-refractivity contribution in [3.8, 4) is 11.5 Å². The van der Waals surface area contributed by atoms with Gasteiger partial charge in [0.15, 0.2) is 0 Å². The molecule has 0 fully saturated rings. The summed E-state index contributed by atoms with van der Waals surface area (Å²) in [5.41, 5.74) is 1.04. The summed E-state index contributed by atoms with van der Waals surface area (Å²) >= 11 is 3.39. The molecule has 0 amide bonds. The molecule has 15 heavy (non-hydrogen) atoms. The Kier molecular flexibility index (Phi) is 4.44. The Labute approximate surface area is 98.0 Å². The maximum atomic E-state index is 6.74. The van der Waals surface area contributed by atoms with Crippen molar-refractivity contribution < 1.29 is 9.47 Å². The van der Waals surface area contributed by atoms with E-state index in [1.54, 1.807) is 14.2 Å². The molecule has 0 bridgehead atoms. The van der Waals surface area contributed by atoms with Crippen LogP contribution >= 0.6 is 15.9 Å². The fourth-order valence-corrected chi connectivity index (χ4v) is 1.81. The molecule has 1 aromatic carbocycles. The van der Waals surface area contributed by atoms with Gasteiger partial charge in [-0.15, -0.1) is 0 Å².